The number of anilines is 2. The number of thiazole rings is 1. The molecule has 0 amide bonds. The van der Waals surface area contributed by atoms with Crippen molar-refractivity contribution in [3.8, 4) is 0 Å². The molecular weight excluding hydrogens is 282 g/mol. The van der Waals surface area contributed by atoms with Crippen molar-refractivity contribution in [1.82, 2.24) is 20.3 Å². The van der Waals surface area contributed by atoms with E-state index in [4.69, 9.17) is 0 Å². The second-order valence-corrected chi connectivity index (χ2v) is 5.23. The van der Waals surface area contributed by atoms with Crippen LogP contribution in [0.25, 0.3) is 0 Å². The van der Waals surface area contributed by atoms with Gasteiger partial charge in [0, 0.05) is 23.7 Å². The maximum Gasteiger partial charge on any atom is 0.188 e. The third-order valence-electron chi connectivity index (χ3n) is 2.94. The minimum absolute atomic E-state index is 0. The van der Waals surface area contributed by atoms with Crippen LogP contribution in [-0.4, -0.2) is 21.5 Å². The number of aryl methyl sites for hydroxylation is 1. The minimum atomic E-state index is 0. The smallest absolute Gasteiger partial charge is 0.188 e. The van der Waals surface area contributed by atoms with Crippen LogP contribution < -0.4 is 10.6 Å². The molecule has 5 nitrogen and oxygen atoms in total. The number of nitrogens with zero attached hydrogens (tertiary/aromatic N) is 3. The highest BCUT2D eigenvalue weighted by Crippen LogP contribution is 2.24. The van der Waals surface area contributed by atoms with Gasteiger partial charge in [-0.3, -0.25) is 0 Å². The van der Waals surface area contributed by atoms with E-state index in [2.05, 4.69) is 25.6 Å². The maximum atomic E-state index is 4.51. The zero-order valence-corrected chi connectivity index (χ0v) is 12.2. The van der Waals surface area contributed by atoms with Crippen LogP contribution in [0.1, 0.15) is 30.4 Å². The lowest BCUT2D eigenvalue weighted by Crippen LogP contribution is -2.15. The molecule has 7 heteroatoms. The maximum absolute atomic E-state index is 4.51. The summed E-state index contributed by atoms with van der Waals surface area (Å²) >= 11 is 1.56. The van der Waals surface area contributed by atoms with Gasteiger partial charge in [-0.2, -0.15) is 0 Å². The van der Waals surface area contributed by atoms with Gasteiger partial charge in [-0.15, -0.1) is 23.7 Å². The topological polar surface area (TPSA) is 62.7 Å². The molecule has 0 bridgehead atoms. The van der Waals surface area contributed by atoms with Gasteiger partial charge in [0.2, 0.25) is 0 Å². The summed E-state index contributed by atoms with van der Waals surface area (Å²) in [4.78, 5) is 13.1. The van der Waals surface area contributed by atoms with Gasteiger partial charge in [0.05, 0.1) is 5.69 Å². The first-order valence-electron chi connectivity index (χ1n) is 6.07. The fourth-order valence-corrected chi connectivity index (χ4v) is 2.70. The molecule has 0 spiro atoms. The van der Waals surface area contributed by atoms with Gasteiger partial charge >= 0.3 is 0 Å². The molecule has 1 aliphatic heterocycles. The zero-order chi connectivity index (χ0) is 12.4. The highest BCUT2D eigenvalue weighted by Gasteiger charge is 2.18. The Bertz CT molecular complexity index is 525. The Morgan fingerprint density at radius 2 is 2.32 bits per heavy atom. The molecule has 2 aromatic rings. The number of halogens is 1. The van der Waals surface area contributed by atoms with Crippen molar-refractivity contribution in [2.75, 3.05) is 11.9 Å². The largest absolute Gasteiger partial charge is 0.316 e. The van der Waals surface area contributed by atoms with Crippen molar-refractivity contribution in [2.24, 2.45) is 0 Å². The van der Waals surface area contributed by atoms with E-state index in [1.807, 2.05) is 18.4 Å². The van der Waals surface area contributed by atoms with E-state index in [9.17, 15) is 0 Å². The lowest BCUT2D eigenvalue weighted by Gasteiger charge is -2.12. The second kappa shape index (κ2) is 6.27. The van der Waals surface area contributed by atoms with Crippen LogP contribution >= 0.6 is 23.7 Å². The summed E-state index contributed by atoms with van der Waals surface area (Å²) in [6, 6.07) is 2.38. The molecule has 1 aliphatic rings. The van der Waals surface area contributed by atoms with Gasteiger partial charge in [-0.25, -0.2) is 15.0 Å². The molecule has 3 rings (SSSR count). The molecule has 1 saturated heterocycles. The molecule has 1 fully saturated rings. The molecule has 1 atom stereocenters. The standard InChI is InChI=1S/C12H15N5S.ClH/c1-8-15-10(9-3-2-4-13-9)7-11(16-8)17-12-14-5-6-18-12;/h5-7,9,13H,2-4H2,1H3,(H,14,15,16,17);1H. The third kappa shape index (κ3) is 3.40. The Labute approximate surface area is 122 Å². The second-order valence-electron chi connectivity index (χ2n) is 4.34. The Kier molecular flexibility index (Phi) is 4.68. The lowest BCUT2D eigenvalue weighted by atomic mass is 10.1. The predicted octanol–water partition coefficient (Wildman–Crippen LogP) is 2.83. The van der Waals surface area contributed by atoms with Gasteiger partial charge in [0.15, 0.2) is 5.13 Å². The van der Waals surface area contributed by atoms with E-state index in [1.165, 1.54) is 6.42 Å². The highest BCUT2D eigenvalue weighted by molar-refractivity contribution is 7.13. The molecule has 3 heterocycles. The molecule has 2 N–H and O–H groups in total. The number of hydrogen-bond donors (Lipinski definition) is 2. The molecule has 0 saturated carbocycles. The number of aromatic nitrogens is 3. The summed E-state index contributed by atoms with van der Waals surface area (Å²) in [5.41, 5.74) is 1.07. The molecule has 19 heavy (non-hydrogen) atoms. The first-order valence-corrected chi connectivity index (χ1v) is 6.95. The van der Waals surface area contributed by atoms with E-state index < -0.39 is 0 Å². The van der Waals surface area contributed by atoms with E-state index >= 15 is 0 Å². The van der Waals surface area contributed by atoms with Crippen molar-refractivity contribution >= 4 is 34.7 Å². The Morgan fingerprint density at radius 3 is 3.00 bits per heavy atom. The van der Waals surface area contributed by atoms with Gasteiger partial charge in [-0.05, 0) is 26.3 Å². The van der Waals surface area contributed by atoms with Crippen LogP contribution in [0.3, 0.4) is 0 Å². The average molecular weight is 298 g/mol. The molecule has 0 aliphatic carbocycles. The van der Waals surface area contributed by atoms with Crippen molar-refractivity contribution < 1.29 is 0 Å². The van der Waals surface area contributed by atoms with E-state index in [1.54, 1.807) is 17.5 Å². The Balaban J connectivity index is 0.00000133. The van der Waals surface area contributed by atoms with Gasteiger partial charge in [0.1, 0.15) is 11.6 Å². The van der Waals surface area contributed by atoms with E-state index in [0.717, 1.165) is 35.4 Å². The lowest BCUT2D eigenvalue weighted by molar-refractivity contribution is 0.623. The fraction of sp³-hybridized carbons (Fsp3) is 0.417. The number of rotatable bonds is 3. The normalized spacial score (nSPS) is 18.1. The van der Waals surface area contributed by atoms with Crippen molar-refractivity contribution in [3.63, 3.8) is 0 Å². The molecule has 102 valence electrons. The van der Waals surface area contributed by atoms with Gasteiger partial charge in [0.25, 0.3) is 0 Å². The average Bonchev–Trinajstić information content (AvgIpc) is 3.00. The van der Waals surface area contributed by atoms with Crippen LogP contribution in [0, 0.1) is 6.92 Å². The molecule has 0 radical (unpaired) electrons. The van der Waals surface area contributed by atoms with Crippen LogP contribution in [0.2, 0.25) is 0 Å². The van der Waals surface area contributed by atoms with E-state index in [0.29, 0.717) is 6.04 Å². The molecule has 0 aromatic carbocycles. The SMILES string of the molecule is Cc1nc(Nc2nccs2)cc(C2CCCN2)n1.Cl. The highest BCUT2D eigenvalue weighted by atomic mass is 35.5. The summed E-state index contributed by atoms with van der Waals surface area (Å²) in [5.74, 6) is 1.61. The van der Waals surface area contributed by atoms with Crippen LogP contribution in [0.15, 0.2) is 17.6 Å². The van der Waals surface area contributed by atoms with Gasteiger partial charge in [-0.1, -0.05) is 0 Å². The molecule has 1 unspecified atom stereocenters. The first-order chi connectivity index (χ1) is 8.81. The fourth-order valence-electron chi connectivity index (χ4n) is 2.17. The van der Waals surface area contributed by atoms with Crippen molar-refractivity contribution in [3.05, 3.63) is 29.2 Å². The Hall–Kier alpha value is -1.24. The summed E-state index contributed by atoms with van der Waals surface area (Å²) < 4.78 is 0. The number of hydrogen-bond acceptors (Lipinski definition) is 6. The summed E-state index contributed by atoms with van der Waals surface area (Å²) in [6.45, 7) is 2.99. The Morgan fingerprint density at radius 1 is 1.42 bits per heavy atom. The summed E-state index contributed by atoms with van der Waals surface area (Å²) in [6.07, 6.45) is 4.14. The third-order valence-corrected chi connectivity index (χ3v) is 3.63. The van der Waals surface area contributed by atoms with Gasteiger partial charge < -0.3 is 10.6 Å². The van der Waals surface area contributed by atoms with Crippen LogP contribution in [0.5, 0.6) is 0 Å². The summed E-state index contributed by atoms with van der Waals surface area (Å²) in [5, 5.41) is 9.47. The monoisotopic (exact) mass is 297 g/mol. The van der Waals surface area contributed by atoms with Crippen molar-refractivity contribution in [1.29, 1.82) is 0 Å². The van der Waals surface area contributed by atoms with Crippen LogP contribution in [0.4, 0.5) is 10.9 Å². The quantitative estimate of drug-likeness (QED) is 0.912. The summed E-state index contributed by atoms with van der Waals surface area (Å²) in [7, 11) is 0. The predicted molar refractivity (Wildman–Crippen MR) is 79.4 cm³/mol. The van der Waals surface area contributed by atoms with E-state index in [-0.39, 0.29) is 12.4 Å². The first kappa shape index (κ1) is 14.2. The number of nitrogens with one attached hydrogen (secondary N) is 2. The van der Waals surface area contributed by atoms with Crippen LogP contribution in [-0.2, 0) is 0 Å². The molecular formula is C12H16ClN5S. The minimum Gasteiger partial charge on any atom is -0.316 e. The molecule has 2 aromatic heterocycles. The van der Waals surface area contributed by atoms with Crippen molar-refractivity contribution in [2.45, 2.75) is 25.8 Å². The zero-order valence-electron chi connectivity index (χ0n) is 10.6.